The van der Waals surface area contributed by atoms with E-state index in [-0.39, 0.29) is 0 Å². The van der Waals surface area contributed by atoms with E-state index in [0.29, 0.717) is 0 Å². The quantitative estimate of drug-likeness (QED) is 0.490. The van der Waals surface area contributed by atoms with Crippen molar-refractivity contribution in [2.24, 2.45) is 0 Å². The maximum absolute atomic E-state index is 2.47. The Morgan fingerprint density at radius 2 is 2.29 bits per heavy atom. The van der Waals surface area contributed by atoms with E-state index in [1.54, 1.807) is 0 Å². The Bertz CT molecular complexity index is 38.7. The molecule has 0 heterocycles. The van der Waals surface area contributed by atoms with Crippen molar-refractivity contribution in [3.63, 3.8) is 0 Å². The van der Waals surface area contributed by atoms with Crippen LogP contribution in [0.15, 0.2) is 0 Å². The highest BCUT2D eigenvalue weighted by atomic mass is 127. The molecule has 3 heteroatoms. The smallest absolute Gasteiger partial charge is 0.151 e. The molecule has 0 spiro atoms. The highest BCUT2D eigenvalue weighted by Crippen LogP contribution is 1.99. The van der Waals surface area contributed by atoms with Crippen LogP contribution in [0.1, 0.15) is 6.92 Å². The summed E-state index contributed by atoms with van der Waals surface area (Å²) in [6.07, 6.45) is 2.73. The molecule has 0 amide bonds. The van der Waals surface area contributed by atoms with E-state index in [0.717, 1.165) is 4.57 Å². The fourth-order valence-electron chi connectivity index (χ4n) is 0.485. The van der Waals surface area contributed by atoms with Crippen molar-refractivity contribution in [3.8, 4) is 0 Å². The Balaban J connectivity index is 2.68. The van der Waals surface area contributed by atoms with Crippen LogP contribution in [0.2, 0.25) is 19.4 Å². The second-order valence-electron chi connectivity index (χ2n) is 1.92. The molecule has 0 aliphatic rings. The van der Waals surface area contributed by atoms with Crippen molar-refractivity contribution in [1.82, 2.24) is 0 Å². The molecule has 0 aromatic heterocycles. The normalized spacial score (nSPS) is 8.43. The van der Waals surface area contributed by atoms with Crippen LogP contribution in [0.4, 0.5) is 0 Å². The lowest BCUT2D eigenvalue weighted by Crippen LogP contribution is -1.99. The lowest BCUT2D eigenvalue weighted by molar-refractivity contribution is 1.44. The molecule has 0 radical (unpaired) electrons. The number of rotatable bonds is 3. The Labute approximate surface area is 60.6 Å². The number of hydrogen-bond acceptors (Lipinski definition) is 0. The van der Waals surface area contributed by atoms with Gasteiger partial charge in [-0.15, -0.1) is 0 Å². The van der Waals surface area contributed by atoms with Crippen molar-refractivity contribution >= 4 is 34.2 Å². The molecule has 0 rings (SSSR count). The molecule has 0 aliphatic heterocycles. The van der Waals surface area contributed by atoms with Gasteiger partial charge < -0.3 is 0 Å². The molecule has 0 atom stereocenters. The lowest BCUT2D eigenvalue weighted by Gasteiger charge is -1.90. The molecule has 0 bridgehead atoms. The van der Waals surface area contributed by atoms with Crippen molar-refractivity contribution in [3.05, 3.63) is 0 Å². The Morgan fingerprint density at radius 3 is 2.43 bits per heavy atom. The largest absolute Gasteiger partial charge is 0.207 e. The predicted octanol–water partition coefficient (Wildman–Crippen LogP) is 1.87. The van der Waals surface area contributed by atoms with Gasteiger partial charge in [-0.3, -0.25) is 0 Å². The summed E-state index contributed by atoms with van der Waals surface area (Å²) in [6.45, 7) is 4.50. The van der Waals surface area contributed by atoms with E-state index < -0.39 is 0 Å². The van der Waals surface area contributed by atoms with Crippen LogP contribution >= 0.6 is 22.4 Å². The summed E-state index contributed by atoms with van der Waals surface area (Å²) in [6, 6.07) is 0. The highest BCUT2D eigenvalue weighted by molar-refractivity contribution is 14.1. The molecule has 0 aliphatic carbocycles. The van der Waals surface area contributed by atoms with Gasteiger partial charge in [0.1, 0.15) is 7.28 Å². The predicted molar refractivity (Wildman–Crippen MR) is 48.1 cm³/mol. The minimum absolute atomic E-state index is 0.873. The molecule has 0 saturated carbocycles. The maximum atomic E-state index is 2.47. The molecule has 40 valence electrons. The first-order valence-corrected chi connectivity index (χ1v) is 4.16. The minimum atomic E-state index is 0.873. The molecule has 0 nitrogen and oxygen atoms in total. The molecule has 0 N–H and O–H groups in total. The van der Waals surface area contributed by atoms with Crippen LogP contribution in [0.5, 0.6) is 0 Å². The van der Waals surface area contributed by atoms with Crippen LogP contribution in [0, 0.1) is 0 Å². The van der Waals surface area contributed by atoms with Gasteiger partial charge in [0, 0.05) is 0 Å². The third-order valence-corrected chi connectivity index (χ3v) is 1.58. The molecule has 0 saturated heterocycles. The number of hydrogen-bond donors (Lipinski definition) is 0. The third-order valence-electron chi connectivity index (χ3n) is 0.955. The molecule has 0 fully saturated rings. The highest BCUT2D eigenvalue weighted by Gasteiger charge is 1.98. The van der Waals surface area contributed by atoms with E-state index in [4.69, 9.17) is 0 Å². The van der Waals surface area contributed by atoms with E-state index in [2.05, 4.69) is 36.1 Å². The number of halogens is 1. The summed E-state index contributed by atoms with van der Waals surface area (Å²) in [5.74, 6) is 0. The van der Waals surface area contributed by atoms with Crippen molar-refractivity contribution < 1.29 is 0 Å². The Hall–Kier alpha value is 0.860. The fourth-order valence-corrected chi connectivity index (χ4v) is 0.926. The van der Waals surface area contributed by atoms with Gasteiger partial charge in [0.05, 0.1) is 0 Å². The van der Waals surface area contributed by atoms with Crippen LogP contribution in [-0.2, 0) is 0 Å². The summed E-state index contributed by atoms with van der Waals surface area (Å²) in [7, 11) is 1.39. The lowest BCUT2D eigenvalue weighted by atomic mass is 9.55. The molecule has 7 heavy (non-hydrogen) atoms. The molecule has 0 aromatic carbocycles. The van der Waals surface area contributed by atoms with E-state index in [9.17, 15) is 0 Å². The van der Waals surface area contributed by atoms with Crippen LogP contribution in [0.3, 0.4) is 0 Å². The Morgan fingerprint density at radius 1 is 1.71 bits per heavy atom. The summed E-state index contributed by atoms with van der Waals surface area (Å²) >= 11 is 2.47. The second kappa shape index (κ2) is 5.01. The first-order chi connectivity index (χ1) is 3.27. The van der Waals surface area contributed by atoms with Crippen molar-refractivity contribution in [2.45, 2.75) is 26.3 Å². The third kappa shape index (κ3) is 6.86. The Kier molecular flexibility index (Phi) is 5.62. The van der Waals surface area contributed by atoms with Crippen LogP contribution < -0.4 is 0 Å². The minimum Gasteiger partial charge on any atom is -0.151 e. The zero-order chi connectivity index (χ0) is 5.70. The topological polar surface area (TPSA) is 0 Å². The average Bonchev–Trinajstić information content (AvgIpc) is 1.61. The first-order valence-electron chi connectivity index (χ1n) is 2.91. The van der Waals surface area contributed by atoms with Gasteiger partial charge in [-0.2, -0.15) is 22.4 Å². The zero-order valence-electron chi connectivity index (χ0n) is 5.08. The van der Waals surface area contributed by atoms with Gasteiger partial charge in [0.25, 0.3) is 0 Å². The van der Waals surface area contributed by atoms with Gasteiger partial charge in [0.2, 0.25) is 4.57 Å². The fraction of sp³-hybridized carbons (Fsp3) is 1.00. The monoisotopic (exact) mass is 208 g/mol. The van der Waals surface area contributed by atoms with Gasteiger partial charge in [-0.1, -0.05) is 26.3 Å². The average molecular weight is 208 g/mol. The van der Waals surface area contributed by atoms with Gasteiger partial charge in [0.15, 0.2) is 0 Å². The van der Waals surface area contributed by atoms with Crippen LogP contribution in [-0.4, -0.2) is 11.8 Å². The maximum Gasteiger partial charge on any atom is 0.207 e. The molecular formula is C4H11B2I. The SMILES string of the molecule is CCBCB(C)I. The van der Waals surface area contributed by atoms with E-state index >= 15 is 0 Å². The second-order valence-corrected chi connectivity index (χ2v) is 4.05. The summed E-state index contributed by atoms with van der Waals surface area (Å²) in [4.78, 5) is 0. The van der Waals surface area contributed by atoms with Gasteiger partial charge >= 0.3 is 0 Å². The molecule has 0 unspecified atom stereocenters. The summed E-state index contributed by atoms with van der Waals surface area (Å²) in [5.41, 5.74) is 0. The summed E-state index contributed by atoms with van der Waals surface area (Å²) < 4.78 is 0.873. The van der Waals surface area contributed by atoms with Crippen molar-refractivity contribution in [2.75, 3.05) is 0 Å². The standard InChI is InChI=1S/C4H11B2I/c1-3-5-4-6(2)7/h5H,3-4H2,1-2H3. The van der Waals surface area contributed by atoms with Gasteiger partial charge in [-0.05, 0) is 0 Å². The van der Waals surface area contributed by atoms with Gasteiger partial charge in [-0.25, -0.2) is 0 Å². The van der Waals surface area contributed by atoms with Crippen LogP contribution in [0.25, 0.3) is 0 Å². The van der Waals surface area contributed by atoms with E-state index in [1.807, 2.05) is 0 Å². The summed E-state index contributed by atoms with van der Waals surface area (Å²) in [5, 5.41) is 0. The van der Waals surface area contributed by atoms with Crippen molar-refractivity contribution in [1.29, 1.82) is 0 Å². The first kappa shape index (κ1) is 7.86. The molecule has 0 aromatic rings. The zero-order valence-corrected chi connectivity index (χ0v) is 7.23. The van der Waals surface area contributed by atoms with E-state index in [1.165, 1.54) is 19.8 Å². The molecular weight excluding hydrogens is 197 g/mol.